The van der Waals surface area contributed by atoms with Crippen LogP contribution in [0.5, 0.6) is 0 Å². The maximum absolute atomic E-state index is 11.0. The van der Waals surface area contributed by atoms with Crippen molar-refractivity contribution in [3.05, 3.63) is 37.5 Å². The fourth-order valence-corrected chi connectivity index (χ4v) is 1.42. The largest absolute Gasteiger partial charge is 0.427 e. The second-order valence-corrected chi connectivity index (χ2v) is 3.42. The Morgan fingerprint density at radius 1 is 1.53 bits per heavy atom. The predicted molar refractivity (Wildman–Crippen MR) is 52.7 cm³/mol. The van der Waals surface area contributed by atoms with E-state index in [1.807, 2.05) is 0 Å². The molecule has 0 amide bonds. The zero-order valence-electron chi connectivity index (χ0n) is 7.61. The molecular weight excluding hydrogens is 222 g/mol. The van der Waals surface area contributed by atoms with Gasteiger partial charge in [0, 0.05) is 0 Å². The van der Waals surface area contributed by atoms with Crippen LogP contribution in [0.4, 0.5) is 0 Å². The first kappa shape index (κ1) is 9.72. The van der Waals surface area contributed by atoms with Crippen LogP contribution in [0.1, 0.15) is 5.56 Å². The lowest BCUT2D eigenvalue weighted by Gasteiger charge is -2.11. The first-order chi connectivity index (χ1) is 7.00. The molecule has 2 heterocycles. The average molecular weight is 228 g/mol. The fourth-order valence-electron chi connectivity index (χ4n) is 1.24. The van der Waals surface area contributed by atoms with E-state index >= 15 is 0 Å². The van der Waals surface area contributed by atoms with Gasteiger partial charge in [0.15, 0.2) is 5.82 Å². The van der Waals surface area contributed by atoms with E-state index in [4.69, 9.17) is 11.6 Å². The molecule has 0 spiro atoms. The number of aromatic amines is 1. The number of halogens is 1. The summed E-state index contributed by atoms with van der Waals surface area (Å²) in [5.74, 6) is -0.0264. The highest BCUT2D eigenvalue weighted by Gasteiger charge is 2.16. The van der Waals surface area contributed by atoms with Gasteiger partial charge < -0.3 is 10.2 Å². The lowest BCUT2D eigenvalue weighted by molar-refractivity contribution is 0.185. The molecule has 0 fully saturated rings. The van der Waals surface area contributed by atoms with E-state index in [-0.39, 0.29) is 16.5 Å². The van der Waals surface area contributed by atoms with Crippen molar-refractivity contribution < 1.29 is 5.21 Å². The predicted octanol–water partition coefficient (Wildman–Crippen LogP) is 0.236. The van der Waals surface area contributed by atoms with Gasteiger partial charge in [-0.25, -0.2) is 0 Å². The summed E-state index contributed by atoms with van der Waals surface area (Å²) >= 11 is 5.78. The van der Waals surface area contributed by atoms with Crippen LogP contribution in [0.15, 0.2) is 15.8 Å². The maximum Gasteiger partial charge on any atom is 0.337 e. The van der Waals surface area contributed by atoms with Crippen LogP contribution in [0.2, 0.25) is 5.02 Å². The van der Waals surface area contributed by atoms with E-state index in [0.717, 1.165) is 0 Å². The van der Waals surface area contributed by atoms with Crippen LogP contribution in [0.25, 0.3) is 11.5 Å². The van der Waals surface area contributed by atoms with Crippen molar-refractivity contribution in [3.8, 4) is 11.5 Å². The van der Waals surface area contributed by atoms with Gasteiger partial charge in [-0.05, 0) is 12.5 Å². The molecule has 0 aromatic rings. The standard InChI is InChI=1S/C8H6ClN3O3/c1-3-4(9)2-12(15)6-5(3)10-7(13)8(14)11-6/h2,15H,1H3,(H,10,13). The van der Waals surface area contributed by atoms with Gasteiger partial charge in [-0.1, -0.05) is 11.6 Å². The number of aromatic nitrogens is 3. The summed E-state index contributed by atoms with van der Waals surface area (Å²) in [5, 5.41) is 9.67. The first-order valence-electron chi connectivity index (χ1n) is 4.01. The van der Waals surface area contributed by atoms with Crippen molar-refractivity contribution >= 4 is 11.6 Å². The van der Waals surface area contributed by atoms with Crippen LogP contribution in [0, 0.1) is 6.92 Å². The minimum absolute atomic E-state index is 0.0264. The van der Waals surface area contributed by atoms with Crippen molar-refractivity contribution in [2.45, 2.75) is 6.92 Å². The van der Waals surface area contributed by atoms with E-state index in [0.29, 0.717) is 10.3 Å². The van der Waals surface area contributed by atoms with Gasteiger partial charge in [-0.15, -0.1) is 0 Å². The third kappa shape index (κ3) is 1.39. The van der Waals surface area contributed by atoms with E-state index in [1.165, 1.54) is 6.20 Å². The number of fused-ring (bicyclic) bond motifs is 1. The SMILES string of the molecule is Cc1c(Cl)cn(O)c2nc(=O)c(=O)[nH]c1-2. The topological polar surface area (TPSA) is 88.0 Å². The number of hydrogen-bond acceptors (Lipinski definition) is 4. The molecule has 0 saturated heterocycles. The molecule has 0 atom stereocenters. The molecule has 0 radical (unpaired) electrons. The molecule has 0 aromatic heterocycles. The second-order valence-electron chi connectivity index (χ2n) is 3.02. The van der Waals surface area contributed by atoms with Crippen LogP contribution < -0.4 is 11.1 Å². The lowest BCUT2D eigenvalue weighted by Crippen LogP contribution is -2.32. The highest BCUT2D eigenvalue weighted by Crippen LogP contribution is 2.24. The molecule has 0 unspecified atom stereocenters. The Morgan fingerprint density at radius 2 is 2.20 bits per heavy atom. The fraction of sp³-hybridized carbons (Fsp3) is 0.125. The van der Waals surface area contributed by atoms with Crippen molar-refractivity contribution in [1.29, 1.82) is 0 Å². The molecule has 78 valence electrons. The number of hydrogen-bond donors (Lipinski definition) is 2. The number of rotatable bonds is 0. The summed E-state index contributed by atoms with van der Waals surface area (Å²) < 4.78 is 0.599. The Kier molecular flexibility index (Phi) is 2.01. The summed E-state index contributed by atoms with van der Waals surface area (Å²) in [5.41, 5.74) is -1.00. The molecule has 0 bridgehead atoms. The molecule has 2 rings (SSSR count). The van der Waals surface area contributed by atoms with Crippen molar-refractivity contribution in [2.24, 2.45) is 0 Å². The van der Waals surface area contributed by atoms with Gasteiger partial charge in [0.25, 0.3) is 0 Å². The highest BCUT2D eigenvalue weighted by molar-refractivity contribution is 6.31. The quantitative estimate of drug-likeness (QED) is 0.498. The summed E-state index contributed by atoms with van der Waals surface area (Å²) in [6.07, 6.45) is 1.20. The minimum Gasteiger partial charge on any atom is -0.427 e. The molecule has 15 heavy (non-hydrogen) atoms. The lowest BCUT2D eigenvalue weighted by atomic mass is 10.2. The smallest absolute Gasteiger partial charge is 0.337 e. The van der Waals surface area contributed by atoms with Gasteiger partial charge in [0.2, 0.25) is 0 Å². The number of pyridine rings is 1. The summed E-state index contributed by atoms with van der Waals surface area (Å²) in [7, 11) is 0. The molecule has 2 N–H and O–H groups in total. The number of nitrogens with one attached hydrogen (secondary N) is 1. The Bertz CT molecular complexity index is 616. The van der Waals surface area contributed by atoms with Gasteiger partial charge in [0.1, 0.15) is 0 Å². The zero-order valence-corrected chi connectivity index (χ0v) is 8.37. The van der Waals surface area contributed by atoms with Crippen molar-refractivity contribution in [1.82, 2.24) is 14.7 Å². The van der Waals surface area contributed by atoms with Crippen LogP contribution >= 0.6 is 11.6 Å². The van der Waals surface area contributed by atoms with E-state index < -0.39 is 11.1 Å². The molecule has 7 heteroatoms. The Balaban J connectivity index is 3.03. The van der Waals surface area contributed by atoms with Gasteiger partial charge in [0.05, 0.1) is 16.9 Å². The summed E-state index contributed by atoms with van der Waals surface area (Å²) in [6, 6.07) is 0. The van der Waals surface area contributed by atoms with E-state index in [2.05, 4.69) is 9.97 Å². The first-order valence-corrected chi connectivity index (χ1v) is 4.39. The average Bonchev–Trinajstić information content (AvgIpc) is 2.18. The van der Waals surface area contributed by atoms with Gasteiger partial charge in [-0.3, -0.25) is 9.59 Å². The number of nitrogens with zero attached hydrogens (tertiary/aromatic N) is 2. The van der Waals surface area contributed by atoms with Gasteiger partial charge >= 0.3 is 11.1 Å². The summed E-state index contributed by atoms with van der Waals surface area (Å²) in [4.78, 5) is 27.8. The van der Waals surface area contributed by atoms with E-state index in [1.54, 1.807) is 6.92 Å². The van der Waals surface area contributed by atoms with Crippen LogP contribution in [-0.4, -0.2) is 19.9 Å². The molecule has 6 nitrogen and oxygen atoms in total. The third-order valence-electron chi connectivity index (χ3n) is 2.05. The Labute approximate surface area is 88.1 Å². The normalized spacial score (nSPS) is 10.8. The van der Waals surface area contributed by atoms with Crippen LogP contribution in [-0.2, 0) is 0 Å². The highest BCUT2D eigenvalue weighted by atomic mass is 35.5. The molecular formula is C8H6ClN3O3. The van der Waals surface area contributed by atoms with Crippen molar-refractivity contribution in [3.63, 3.8) is 0 Å². The minimum atomic E-state index is -0.952. The van der Waals surface area contributed by atoms with E-state index in [9.17, 15) is 14.8 Å². The molecule has 2 aliphatic rings. The molecule has 0 saturated carbocycles. The Hall–Kier alpha value is -1.82. The van der Waals surface area contributed by atoms with Gasteiger partial charge in [-0.2, -0.15) is 9.71 Å². The number of H-pyrrole nitrogens is 1. The van der Waals surface area contributed by atoms with Crippen LogP contribution in [0.3, 0.4) is 0 Å². The second kappa shape index (κ2) is 3.09. The van der Waals surface area contributed by atoms with Crippen molar-refractivity contribution in [2.75, 3.05) is 0 Å². The third-order valence-corrected chi connectivity index (χ3v) is 2.43. The molecule has 2 aliphatic heterocycles. The monoisotopic (exact) mass is 227 g/mol. The summed E-state index contributed by atoms with van der Waals surface area (Å²) in [6.45, 7) is 1.65. The zero-order chi connectivity index (χ0) is 11.2. The molecule has 0 aliphatic carbocycles. The Morgan fingerprint density at radius 3 is 2.87 bits per heavy atom. The maximum atomic E-state index is 11.0. The molecule has 0 aromatic carbocycles.